The molecule has 19 heavy (non-hydrogen) atoms. The van der Waals surface area contributed by atoms with Crippen molar-refractivity contribution in [2.24, 2.45) is 5.73 Å². The number of nitrogens with zero attached hydrogens (tertiary/aromatic N) is 2. The van der Waals surface area contributed by atoms with E-state index in [0.29, 0.717) is 6.54 Å². The molecule has 0 radical (unpaired) electrons. The summed E-state index contributed by atoms with van der Waals surface area (Å²) in [6.45, 7) is 5.91. The number of hydrogen-bond donors (Lipinski definition) is 1. The molecule has 0 atom stereocenters. The van der Waals surface area contributed by atoms with Gasteiger partial charge in [0.1, 0.15) is 0 Å². The summed E-state index contributed by atoms with van der Waals surface area (Å²) in [7, 11) is 4.19. The van der Waals surface area contributed by atoms with Crippen LogP contribution in [0.25, 0.3) is 0 Å². The first-order valence-electron chi connectivity index (χ1n) is 6.96. The summed E-state index contributed by atoms with van der Waals surface area (Å²) in [5.41, 5.74) is 7.92. The molecule has 0 amide bonds. The maximum Gasteiger partial charge on any atom is 0.0642 e. The van der Waals surface area contributed by atoms with Gasteiger partial charge in [-0.05, 0) is 51.2 Å². The summed E-state index contributed by atoms with van der Waals surface area (Å²) in [5, 5.41) is 0.832. The largest absolute Gasteiger partial charge is 0.369 e. The molecule has 0 saturated carbocycles. The Morgan fingerprint density at radius 3 is 2.42 bits per heavy atom. The minimum atomic E-state index is 0.662. The molecule has 3 nitrogen and oxygen atoms in total. The molecular weight excluding hydrogens is 258 g/mol. The van der Waals surface area contributed by atoms with Crippen molar-refractivity contribution in [2.75, 3.05) is 45.2 Å². The lowest BCUT2D eigenvalue weighted by Gasteiger charge is -2.27. The summed E-state index contributed by atoms with van der Waals surface area (Å²) in [5.74, 6) is 0. The van der Waals surface area contributed by atoms with Gasteiger partial charge < -0.3 is 15.5 Å². The third kappa shape index (κ3) is 5.39. The van der Waals surface area contributed by atoms with E-state index in [1.54, 1.807) is 0 Å². The molecular formula is C15H26ClN3. The van der Waals surface area contributed by atoms with Gasteiger partial charge in [0.25, 0.3) is 0 Å². The van der Waals surface area contributed by atoms with Crippen LogP contribution in [0, 0.1) is 0 Å². The van der Waals surface area contributed by atoms with Crippen LogP contribution in [0.3, 0.4) is 0 Å². The molecule has 2 N–H and O–H groups in total. The minimum Gasteiger partial charge on any atom is -0.369 e. The third-order valence-electron chi connectivity index (χ3n) is 3.10. The average molecular weight is 284 g/mol. The van der Waals surface area contributed by atoms with E-state index in [2.05, 4.69) is 43.0 Å². The summed E-state index contributed by atoms with van der Waals surface area (Å²) in [6.07, 6.45) is 2.00. The van der Waals surface area contributed by atoms with Gasteiger partial charge in [-0.3, -0.25) is 0 Å². The fourth-order valence-electron chi connectivity index (χ4n) is 2.07. The van der Waals surface area contributed by atoms with Crippen molar-refractivity contribution >= 4 is 17.3 Å². The lowest BCUT2D eigenvalue weighted by atomic mass is 10.1. The summed E-state index contributed by atoms with van der Waals surface area (Å²) in [4.78, 5) is 4.55. The highest BCUT2D eigenvalue weighted by Crippen LogP contribution is 2.27. The van der Waals surface area contributed by atoms with E-state index >= 15 is 0 Å². The molecule has 0 aliphatic carbocycles. The molecule has 0 aromatic heterocycles. The van der Waals surface area contributed by atoms with Crippen LogP contribution in [-0.4, -0.2) is 45.2 Å². The molecule has 0 fully saturated rings. The standard InChI is InChI=1S/C15H26ClN3/c1-4-9-19(11-10-18(2)3)15-6-5-13(7-8-17)12-14(15)16/h5-6,12H,4,7-11,17H2,1-3H3. The maximum atomic E-state index is 6.41. The normalized spacial score (nSPS) is 11.1. The quantitative estimate of drug-likeness (QED) is 0.796. The Hall–Kier alpha value is -0.770. The molecule has 0 bridgehead atoms. The highest BCUT2D eigenvalue weighted by atomic mass is 35.5. The van der Waals surface area contributed by atoms with Gasteiger partial charge in [0.05, 0.1) is 10.7 Å². The fraction of sp³-hybridized carbons (Fsp3) is 0.600. The first kappa shape index (κ1) is 16.3. The Kier molecular flexibility index (Phi) is 7.21. The smallest absolute Gasteiger partial charge is 0.0642 e. The molecule has 4 heteroatoms. The van der Waals surface area contributed by atoms with Crippen LogP contribution in [0.4, 0.5) is 5.69 Å². The van der Waals surface area contributed by atoms with Crippen LogP contribution >= 0.6 is 11.6 Å². The van der Waals surface area contributed by atoms with Gasteiger partial charge in [-0.25, -0.2) is 0 Å². The summed E-state index contributed by atoms with van der Waals surface area (Å²) < 4.78 is 0. The Morgan fingerprint density at radius 2 is 1.89 bits per heavy atom. The average Bonchev–Trinajstić information content (AvgIpc) is 2.35. The van der Waals surface area contributed by atoms with Crippen LogP contribution in [0.15, 0.2) is 18.2 Å². The number of hydrogen-bond acceptors (Lipinski definition) is 3. The van der Waals surface area contributed by atoms with E-state index in [1.807, 2.05) is 6.07 Å². The molecule has 1 aromatic carbocycles. The molecule has 1 aromatic rings. The number of rotatable bonds is 8. The molecule has 108 valence electrons. The van der Waals surface area contributed by atoms with Crippen molar-refractivity contribution in [1.29, 1.82) is 0 Å². The Balaban J connectivity index is 2.82. The number of likely N-dealkylation sites (N-methyl/N-ethyl adjacent to an activating group) is 1. The second kappa shape index (κ2) is 8.41. The zero-order chi connectivity index (χ0) is 14.3. The molecule has 0 saturated heterocycles. The van der Waals surface area contributed by atoms with Crippen molar-refractivity contribution in [3.8, 4) is 0 Å². The van der Waals surface area contributed by atoms with Crippen LogP contribution in [-0.2, 0) is 6.42 Å². The van der Waals surface area contributed by atoms with Crippen molar-refractivity contribution in [2.45, 2.75) is 19.8 Å². The summed E-state index contributed by atoms with van der Waals surface area (Å²) in [6, 6.07) is 6.30. The predicted octanol–water partition coefficient (Wildman–Crippen LogP) is 2.62. The van der Waals surface area contributed by atoms with E-state index in [-0.39, 0.29) is 0 Å². The van der Waals surface area contributed by atoms with Crippen molar-refractivity contribution in [3.05, 3.63) is 28.8 Å². The van der Waals surface area contributed by atoms with Gasteiger partial charge in [0.15, 0.2) is 0 Å². The van der Waals surface area contributed by atoms with E-state index in [9.17, 15) is 0 Å². The Bertz CT molecular complexity index is 380. The molecule has 0 aliphatic rings. The first-order chi connectivity index (χ1) is 9.08. The van der Waals surface area contributed by atoms with Crippen LogP contribution in [0.1, 0.15) is 18.9 Å². The maximum absolute atomic E-state index is 6.41. The molecule has 0 spiro atoms. The highest BCUT2D eigenvalue weighted by molar-refractivity contribution is 6.33. The van der Waals surface area contributed by atoms with Crippen LogP contribution < -0.4 is 10.6 Å². The van der Waals surface area contributed by atoms with Crippen molar-refractivity contribution in [3.63, 3.8) is 0 Å². The molecule has 0 aliphatic heterocycles. The number of benzene rings is 1. The first-order valence-corrected chi connectivity index (χ1v) is 7.34. The zero-order valence-electron chi connectivity index (χ0n) is 12.3. The zero-order valence-corrected chi connectivity index (χ0v) is 13.1. The van der Waals surface area contributed by atoms with Gasteiger partial charge in [-0.2, -0.15) is 0 Å². The second-order valence-corrected chi connectivity index (χ2v) is 5.52. The second-order valence-electron chi connectivity index (χ2n) is 5.11. The third-order valence-corrected chi connectivity index (χ3v) is 3.40. The number of anilines is 1. The molecule has 0 heterocycles. The van der Waals surface area contributed by atoms with E-state index < -0.39 is 0 Å². The van der Waals surface area contributed by atoms with Crippen molar-refractivity contribution in [1.82, 2.24) is 4.90 Å². The van der Waals surface area contributed by atoms with E-state index in [0.717, 1.165) is 43.2 Å². The number of nitrogens with two attached hydrogens (primary N) is 1. The Morgan fingerprint density at radius 1 is 1.16 bits per heavy atom. The van der Waals surface area contributed by atoms with E-state index in [1.165, 1.54) is 5.56 Å². The predicted molar refractivity (Wildman–Crippen MR) is 85.3 cm³/mol. The van der Waals surface area contributed by atoms with Gasteiger partial charge in [-0.1, -0.05) is 24.6 Å². The van der Waals surface area contributed by atoms with Gasteiger partial charge >= 0.3 is 0 Å². The molecule has 0 unspecified atom stereocenters. The monoisotopic (exact) mass is 283 g/mol. The molecule has 1 rings (SSSR count). The SMILES string of the molecule is CCCN(CCN(C)C)c1ccc(CCN)cc1Cl. The van der Waals surface area contributed by atoms with Crippen molar-refractivity contribution < 1.29 is 0 Å². The van der Waals surface area contributed by atoms with Gasteiger partial charge in [0.2, 0.25) is 0 Å². The minimum absolute atomic E-state index is 0.662. The number of halogens is 1. The van der Waals surface area contributed by atoms with E-state index in [4.69, 9.17) is 17.3 Å². The highest BCUT2D eigenvalue weighted by Gasteiger charge is 2.10. The summed E-state index contributed by atoms with van der Waals surface area (Å²) >= 11 is 6.41. The van der Waals surface area contributed by atoms with Crippen LogP contribution in [0.2, 0.25) is 5.02 Å². The topological polar surface area (TPSA) is 32.5 Å². The lowest BCUT2D eigenvalue weighted by Crippen LogP contribution is -2.32. The Labute approximate surface area is 122 Å². The fourth-order valence-corrected chi connectivity index (χ4v) is 2.40. The van der Waals surface area contributed by atoms with Gasteiger partial charge in [0, 0.05) is 19.6 Å². The van der Waals surface area contributed by atoms with Gasteiger partial charge in [-0.15, -0.1) is 0 Å². The van der Waals surface area contributed by atoms with Crippen LogP contribution in [0.5, 0.6) is 0 Å². The lowest BCUT2D eigenvalue weighted by molar-refractivity contribution is 0.413.